The van der Waals surface area contributed by atoms with Gasteiger partial charge >= 0.3 is 0 Å². The van der Waals surface area contributed by atoms with Gasteiger partial charge in [0.1, 0.15) is 16.4 Å². The summed E-state index contributed by atoms with van der Waals surface area (Å²) < 4.78 is 37.1. The van der Waals surface area contributed by atoms with E-state index in [0.29, 0.717) is 18.0 Å². The van der Waals surface area contributed by atoms with E-state index in [0.717, 1.165) is 19.6 Å². The maximum absolute atomic E-state index is 12.7. The summed E-state index contributed by atoms with van der Waals surface area (Å²) in [6, 6.07) is 4.74. The van der Waals surface area contributed by atoms with Gasteiger partial charge in [0.25, 0.3) is 0 Å². The Morgan fingerprint density at radius 1 is 1.18 bits per heavy atom. The van der Waals surface area contributed by atoms with E-state index >= 15 is 0 Å². The maximum Gasteiger partial charge on any atom is 0.246 e. The third-order valence-corrected chi connectivity index (χ3v) is 5.89. The van der Waals surface area contributed by atoms with E-state index in [1.807, 2.05) is 0 Å². The lowest BCUT2D eigenvalue weighted by molar-refractivity contribution is 0.309. The molecule has 0 aliphatic carbocycles. The van der Waals surface area contributed by atoms with Crippen LogP contribution in [0.2, 0.25) is 0 Å². The molecule has 6 nitrogen and oxygen atoms in total. The van der Waals surface area contributed by atoms with E-state index in [9.17, 15) is 8.42 Å². The van der Waals surface area contributed by atoms with Crippen LogP contribution < -0.4 is 9.47 Å². The second kappa shape index (κ2) is 7.30. The lowest BCUT2D eigenvalue weighted by atomic mass is 10.3. The Kier molecular flexibility index (Phi) is 5.66. The summed E-state index contributed by atoms with van der Waals surface area (Å²) in [4.78, 5) is 2.46. The van der Waals surface area contributed by atoms with Crippen LogP contribution in [-0.2, 0) is 10.0 Å². The van der Waals surface area contributed by atoms with Crippen LogP contribution in [0.4, 0.5) is 0 Å². The summed E-state index contributed by atoms with van der Waals surface area (Å²) in [5.41, 5.74) is 0. The van der Waals surface area contributed by atoms with Crippen LogP contribution in [0.15, 0.2) is 23.1 Å². The van der Waals surface area contributed by atoms with Crippen molar-refractivity contribution in [2.75, 3.05) is 47.4 Å². The number of ether oxygens (including phenoxy) is 2. The molecule has 2 rings (SSSR count). The molecule has 124 valence electrons. The van der Waals surface area contributed by atoms with Crippen molar-refractivity contribution >= 4 is 10.0 Å². The Labute approximate surface area is 132 Å². The highest BCUT2D eigenvalue weighted by Crippen LogP contribution is 2.30. The molecule has 7 heteroatoms. The van der Waals surface area contributed by atoms with Crippen LogP contribution >= 0.6 is 0 Å². The maximum atomic E-state index is 12.7. The second-order valence-corrected chi connectivity index (χ2v) is 7.41. The van der Waals surface area contributed by atoms with Gasteiger partial charge in [-0.05, 0) is 38.1 Å². The van der Waals surface area contributed by atoms with Crippen molar-refractivity contribution in [2.45, 2.75) is 17.7 Å². The minimum absolute atomic E-state index is 0.166. The smallest absolute Gasteiger partial charge is 0.246 e. The van der Waals surface area contributed by atoms with Gasteiger partial charge in [0, 0.05) is 26.2 Å². The van der Waals surface area contributed by atoms with E-state index in [-0.39, 0.29) is 4.90 Å². The summed E-state index contributed by atoms with van der Waals surface area (Å²) in [6.45, 7) is 3.34. The molecule has 1 heterocycles. The molecule has 1 aromatic rings. The fourth-order valence-electron chi connectivity index (χ4n) is 2.56. The summed E-state index contributed by atoms with van der Waals surface area (Å²) >= 11 is 0. The van der Waals surface area contributed by atoms with Gasteiger partial charge in [0.05, 0.1) is 14.2 Å². The molecule has 0 aromatic heterocycles. The molecule has 1 fully saturated rings. The predicted octanol–water partition coefficient (Wildman–Crippen LogP) is 1.42. The summed E-state index contributed by atoms with van der Waals surface area (Å²) in [6.07, 6.45) is 2.39. The highest BCUT2D eigenvalue weighted by molar-refractivity contribution is 7.89. The summed E-state index contributed by atoms with van der Waals surface area (Å²) in [5.74, 6) is 0.864. The van der Waals surface area contributed by atoms with Gasteiger partial charge in [-0.2, -0.15) is 4.31 Å². The van der Waals surface area contributed by atoms with Crippen molar-refractivity contribution < 1.29 is 17.9 Å². The van der Waals surface area contributed by atoms with Gasteiger partial charge in [0.15, 0.2) is 0 Å². The first-order valence-electron chi connectivity index (χ1n) is 7.39. The van der Waals surface area contributed by atoms with E-state index in [2.05, 4.69) is 4.90 Å². The molecule has 1 aromatic carbocycles. The number of benzene rings is 1. The van der Waals surface area contributed by atoms with Crippen molar-refractivity contribution in [3.8, 4) is 11.5 Å². The fraction of sp³-hybridized carbons (Fsp3) is 0.600. The average molecular weight is 328 g/mol. The minimum Gasteiger partial charge on any atom is -0.497 e. The molecule has 1 saturated heterocycles. The lowest BCUT2D eigenvalue weighted by Gasteiger charge is -2.22. The zero-order valence-electron chi connectivity index (χ0n) is 13.4. The molecule has 0 radical (unpaired) electrons. The third-order valence-electron chi connectivity index (χ3n) is 3.99. The first-order valence-corrected chi connectivity index (χ1v) is 8.83. The number of rotatable bonds is 7. The number of hydrogen-bond acceptors (Lipinski definition) is 5. The molecule has 0 unspecified atom stereocenters. The molecule has 0 atom stereocenters. The van der Waals surface area contributed by atoms with Crippen LogP contribution in [-0.4, -0.2) is 65.1 Å². The Morgan fingerprint density at radius 3 is 2.45 bits per heavy atom. The molecule has 0 spiro atoms. The lowest BCUT2D eigenvalue weighted by Crippen LogP contribution is -2.35. The van der Waals surface area contributed by atoms with E-state index in [1.54, 1.807) is 19.2 Å². The van der Waals surface area contributed by atoms with Crippen LogP contribution in [0.25, 0.3) is 0 Å². The first kappa shape index (κ1) is 17.1. The Hall–Kier alpha value is -1.31. The van der Waals surface area contributed by atoms with Crippen molar-refractivity contribution in [3.05, 3.63) is 18.2 Å². The zero-order chi connectivity index (χ0) is 16.2. The molecule has 22 heavy (non-hydrogen) atoms. The monoisotopic (exact) mass is 328 g/mol. The number of likely N-dealkylation sites (N-methyl/N-ethyl adjacent to an activating group) is 1. The summed E-state index contributed by atoms with van der Waals surface area (Å²) in [7, 11) is 1.02. The van der Waals surface area contributed by atoms with Crippen molar-refractivity contribution in [1.29, 1.82) is 0 Å². The highest BCUT2D eigenvalue weighted by Gasteiger charge is 2.25. The molecule has 1 aliphatic rings. The Morgan fingerprint density at radius 2 is 1.86 bits per heavy atom. The standard InChI is InChI=1S/C15H24N2O4S/c1-16(10-11-17-8-4-5-9-17)22(18,19)15-7-6-13(20-2)12-14(15)21-3/h6-7,12H,4-5,8-11H2,1-3H3. The fourth-order valence-corrected chi connectivity index (χ4v) is 3.86. The number of methoxy groups -OCH3 is 2. The number of nitrogens with zero attached hydrogens (tertiary/aromatic N) is 2. The summed E-state index contributed by atoms with van der Waals surface area (Å²) in [5, 5.41) is 0. The Bertz CT molecular complexity index is 598. The number of hydrogen-bond donors (Lipinski definition) is 0. The third kappa shape index (κ3) is 3.71. The molecular weight excluding hydrogens is 304 g/mol. The molecule has 1 aliphatic heterocycles. The highest BCUT2D eigenvalue weighted by atomic mass is 32.2. The quantitative estimate of drug-likeness (QED) is 0.758. The number of sulfonamides is 1. The molecule has 0 N–H and O–H groups in total. The molecule has 0 bridgehead atoms. The van der Waals surface area contributed by atoms with Gasteiger partial charge in [-0.15, -0.1) is 0 Å². The molecule has 0 amide bonds. The van der Waals surface area contributed by atoms with E-state index < -0.39 is 10.0 Å². The zero-order valence-corrected chi connectivity index (χ0v) is 14.2. The largest absolute Gasteiger partial charge is 0.497 e. The van der Waals surface area contributed by atoms with E-state index in [4.69, 9.17) is 9.47 Å². The van der Waals surface area contributed by atoms with Crippen molar-refractivity contribution in [1.82, 2.24) is 9.21 Å². The van der Waals surface area contributed by atoms with Gasteiger partial charge in [-0.1, -0.05) is 0 Å². The van der Waals surface area contributed by atoms with Gasteiger partial charge in [-0.3, -0.25) is 0 Å². The van der Waals surface area contributed by atoms with E-state index in [1.165, 1.54) is 37.4 Å². The predicted molar refractivity (Wildman–Crippen MR) is 85.0 cm³/mol. The minimum atomic E-state index is -3.57. The SMILES string of the molecule is COc1ccc(S(=O)(=O)N(C)CCN2CCCC2)c(OC)c1. The average Bonchev–Trinajstić information content (AvgIpc) is 3.05. The van der Waals surface area contributed by atoms with Crippen LogP contribution in [0.1, 0.15) is 12.8 Å². The van der Waals surface area contributed by atoms with Gasteiger partial charge in [0.2, 0.25) is 10.0 Å². The van der Waals surface area contributed by atoms with Crippen LogP contribution in [0.3, 0.4) is 0 Å². The van der Waals surface area contributed by atoms with Gasteiger partial charge < -0.3 is 14.4 Å². The van der Waals surface area contributed by atoms with Crippen molar-refractivity contribution in [3.63, 3.8) is 0 Å². The topological polar surface area (TPSA) is 59.1 Å². The Balaban J connectivity index is 2.14. The number of likely N-dealkylation sites (tertiary alicyclic amines) is 1. The molecule has 0 saturated carbocycles. The normalized spacial score (nSPS) is 16.2. The first-order chi connectivity index (χ1) is 10.5. The second-order valence-electron chi connectivity index (χ2n) is 5.39. The van der Waals surface area contributed by atoms with Crippen LogP contribution in [0, 0.1) is 0 Å². The van der Waals surface area contributed by atoms with Crippen LogP contribution in [0.5, 0.6) is 11.5 Å². The van der Waals surface area contributed by atoms with Gasteiger partial charge in [-0.25, -0.2) is 8.42 Å². The molecular formula is C15H24N2O4S. The van der Waals surface area contributed by atoms with Crippen molar-refractivity contribution in [2.24, 2.45) is 0 Å².